The summed E-state index contributed by atoms with van der Waals surface area (Å²) in [6, 6.07) is 0. The molecule has 2 nitrogen and oxygen atoms in total. The summed E-state index contributed by atoms with van der Waals surface area (Å²) in [6.45, 7) is 8.73. The van der Waals surface area contributed by atoms with Crippen LogP contribution >= 0.6 is 0 Å². The van der Waals surface area contributed by atoms with Crippen molar-refractivity contribution in [3.8, 4) is 0 Å². The zero-order valence-electron chi connectivity index (χ0n) is 9.25. The Morgan fingerprint density at radius 2 is 2.31 bits per heavy atom. The van der Waals surface area contributed by atoms with Crippen molar-refractivity contribution < 1.29 is 4.74 Å². The number of rotatable bonds is 5. The van der Waals surface area contributed by atoms with E-state index in [1.165, 1.54) is 25.9 Å². The van der Waals surface area contributed by atoms with E-state index in [-0.39, 0.29) is 0 Å². The third kappa shape index (κ3) is 4.10. The minimum Gasteiger partial charge on any atom is -0.381 e. The molecule has 1 unspecified atom stereocenters. The lowest BCUT2D eigenvalue weighted by Crippen LogP contribution is -2.16. The van der Waals surface area contributed by atoms with E-state index in [0.29, 0.717) is 0 Å². The predicted molar refractivity (Wildman–Crippen MR) is 55.9 cm³/mol. The molecule has 1 aliphatic rings. The van der Waals surface area contributed by atoms with Crippen LogP contribution in [0.2, 0.25) is 0 Å². The molecule has 1 aliphatic heterocycles. The Labute approximate surface area is 82.3 Å². The third-order valence-electron chi connectivity index (χ3n) is 2.83. The molecule has 0 aromatic heterocycles. The van der Waals surface area contributed by atoms with Crippen molar-refractivity contribution in [2.75, 3.05) is 33.4 Å². The van der Waals surface area contributed by atoms with Gasteiger partial charge in [-0.25, -0.2) is 0 Å². The van der Waals surface area contributed by atoms with E-state index in [1.54, 1.807) is 0 Å². The molecule has 0 radical (unpaired) electrons. The maximum absolute atomic E-state index is 5.42. The Morgan fingerprint density at radius 1 is 1.54 bits per heavy atom. The molecule has 0 bridgehead atoms. The molecular formula is C11H23NO. The van der Waals surface area contributed by atoms with Crippen molar-refractivity contribution in [3.63, 3.8) is 0 Å². The average molecular weight is 185 g/mol. The second kappa shape index (κ2) is 5.61. The van der Waals surface area contributed by atoms with Crippen LogP contribution in [0.5, 0.6) is 0 Å². The number of nitrogens with zero attached hydrogens (tertiary/aromatic N) is 1. The maximum atomic E-state index is 5.42. The number of likely N-dealkylation sites (tertiary alicyclic amines) is 1. The summed E-state index contributed by atoms with van der Waals surface area (Å²) in [4.78, 5) is 2.43. The maximum Gasteiger partial charge on any atom is 0.0491 e. The molecule has 78 valence electrons. The normalized spacial score (nSPS) is 26.5. The fourth-order valence-electron chi connectivity index (χ4n) is 2.17. The Morgan fingerprint density at radius 3 is 2.85 bits per heavy atom. The molecule has 2 heteroatoms. The summed E-state index contributed by atoms with van der Waals surface area (Å²) in [6.07, 6.45) is 2.72. The first kappa shape index (κ1) is 11.0. The lowest BCUT2D eigenvalue weighted by molar-refractivity contribution is 0.107. The molecule has 0 saturated carbocycles. The molecule has 0 spiro atoms. The SMILES string of the molecule is CCOC[C@@H](C)CC1CCN(C)C1. The van der Waals surface area contributed by atoms with Crippen molar-refractivity contribution in [1.82, 2.24) is 4.90 Å². The monoisotopic (exact) mass is 185 g/mol. The van der Waals surface area contributed by atoms with Crippen LogP contribution in [-0.4, -0.2) is 38.3 Å². The topological polar surface area (TPSA) is 12.5 Å². The summed E-state index contributed by atoms with van der Waals surface area (Å²) in [5.41, 5.74) is 0. The largest absolute Gasteiger partial charge is 0.381 e. The van der Waals surface area contributed by atoms with E-state index in [0.717, 1.165) is 25.0 Å². The molecule has 2 atom stereocenters. The van der Waals surface area contributed by atoms with E-state index < -0.39 is 0 Å². The van der Waals surface area contributed by atoms with E-state index in [1.807, 2.05) is 0 Å². The Hall–Kier alpha value is -0.0800. The van der Waals surface area contributed by atoms with Crippen molar-refractivity contribution >= 4 is 0 Å². The number of hydrogen-bond acceptors (Lipinski definition) is 2. The molecule has 0 aromatic rings. The van der Waals surface area contributed by atoms with Crippen LogP contribution < -0.4 is 0 Å². The summed E-state index contributed by atoms with van der Waals surface area (Å²) in [7, 11) is 2.22. The lowest BCUT2D eigenvalue weighted by atomic mass is 9.96. The quantitative estimate of drug-likeness (QED) is 0.649. The van der Waals surface area contributed by atoms with Crippen LogP contribution in [0.15, 0.2) is 0 Å². The van der Waals surface area contributed by atoms with Gasteiger partial charge >= 0.3 is 0 Å². The summed E-state index contributed by atoms with van der Waals surface area (Å²) < 4.78 is 5.42. The highest BCUT2D eigenvalue weighted by Crippen LogP contribution is 2.22. The first-order valence-electron chi connectivity index (χ1n) is 5.48. The average Bonchev–Trinajstić information content (AvgIpc) is 2.48. The molecule has 13 heavy (non-hydrogen) atoms. The minimum atomic E-state index is 0.733. The van der Waals surface area contributed by atoms with Gasteiger partial charge in [-0.1, -0.05) is 6.92 Å². The van der Waals surface area contributed by atoms with Crippen molar-refractivity contribution in [3.05, 3.63) is 0 Å². The zero-order valence-corrected chi connectivity index (χ0v) is 9.25. The van der Waals surface area contributed by atoms with E-state index >= 15 is 0 Å². The molecule has 0 aromatic carbocycles. The van der Waals surface area contributed by atoms with Gasteiger partial charge in [0.1, 0.15) is 0 Å². The number of hydrogen-bond donors (Lipinski definition) is 0. The summed E-state index contributed by atoms with van der Waals surface area (Å²) in [5.74, 6) is 1.65. The van der Waals surface area contributed by atoms with Crippen LogP contribution in [0.25, 0.3) is 0 Å². The molecule has 1 saturated heterocycles. The highest BCUT2D eigenvalue weighted by atomic mass is 16.5. The van der Waals surface area contributed by atoms with Crippen molar-refractivity contribution in [2.45, 2.75) is 26.7 Å². The van der Waals surface area contributed by atoms with E-state index in [2.05, 4.69) is 25.8 Å². The smallest absolute Gasteiger partial charge is 0.0491 e. The minimum absolute atomic E-state index is 0.733. The Kier molecular flexibility index (Phi) is 4.74. The van der Waals surface area contributed by atoms with Gasteiger partial charge in [-0.2, -0.15) is 0 Å². The van der Waals surface area contributed by atoms with E-state index in [9.17, 15) is 0 Å². The van der Waals surface area contributed by atoms with Gasteiger partial charge in [0.15, 0.2) is 0 Å². The lowest BCUT2D eigenvalue weighted by Gasteiger charge is -2.16. The first-order chi connectivity index (χ1) is 6.22. The fraction of sp³-hybridized carbons (Fsp3) is 1.00. The van der Waals surface area contributed by atoms with Crippen LogP contribution in [0.3, 0.4) is 0 Å². The zero-order chi connectivity index (χ0) is 9.68. The Balaban J connectivity index is 2.09. The van der Waals surface area contributed by atoms with Crippen LogP contribution in [0.4, 0.5) is 0 Å². The standard InChI is InChI=1S/C11H23NO/c1-4-13-9-10(2)7-11-5-6-12(3)8-11/h10-11H,4-9H2,1-3H3/t10-,11?/m0/s1. The molecule has 0 amide bonds. The molecular weight excluding hydrogens is 162 g/mol. The second-order valence-corrected chi connectivity index (χ2v) is 4.42. The van der Waals surface area contributed by atoms with Gasteiger partial charge in [0.05, 0.1) is 0 Å². The van der Waals surface area contributed by atoms with Gasteiger partial charge in [-0.3, -0.25) is 0 Å². The molecule has 1 heterocycles. The van der Waals surface area contributed by atoms with Crippen molar-refractivity contribution in [2.24, 2.45) is 11.8 Å². The molecule has 0 aliphatic carbocycles. The number of ether oxygens (including phenoxy) is 1. The van der Waals surface area contributed by atoms with Crippen LogP contribution in [0, 0.1) is 11.8 Å². The molecule has 1 fully saturated rings. The van der Waals surface area contributed by atoms with Gasteiger partial charge in [-0.15, -0.1) is 0 Å². The molecule has 0 N–H and O–H groups in total. The Bertz CT molecular complexity index is 138. The van der Waals surface area contributed by atoms with Crippen LogP contribution in [0.1, 0.15) is 26.7 Å². The second-order valence-electron chi connectivity index (χ2n) is 4.42. The molecule has 1 rings (SSSR count). The third-order valence-corrected chi connectivity index (χ3v) is 2.83. The fourth-order valence-corrected chi connectivity index (χ4v) is 2.17. The van der Waals surface area contributed by atoms with Gasteiger partial charge in [-0.05, 0) is 45.2 Å². The van der Waals surface area contributed by atoms with Crippen molar-refractivity contribution in [1.29, 1.82) is 0 Å². The van der Waals surface area contributed by atoms with Gasteiger partial charge in [0.2, 0.25) is 0 Å². The van der Waals surface area contributed by atoms with E-state index in [4.69, 9.17) is 4.74 Å². The van der Waals surface area contributed by atoms with Gasteiger partial charge in [0, 0.05) is 19.8 Å². The highest BCUT2D eigenvalue weighted by Gasteiger charge is 2.21. The highest BCUT2D eigenvalue weighted by molar-refractivity contribution is 4.74. The van der Waals surface area contributed by atoms with Gasteiger partial charge < -0.3 is 9.64 Å². The van der Waals surface area contributed by atoms with Crippen LogP contribution in [-0.2, 0) is 4.74 Å². The summed E-state index contributed by atoms with van der Waals surface area (Å²) >= 11 is 0. The van der Waals surface area contributed by atoms with Gasteiger partial charge in [0.25, 0.3) is 0 Å². The summed E-state index contributed by atoms with van der Waals surface area (Å²) in [5, 5.41) is 0. The first-order valence-corrected chi connectivity index (χ1v) is 5.48. The predicted octanol–water partition coefficient (Wildman–Crippen LogP) is 2.00.